The number of ether oxygens (including phenoxy) is 2. The quantitative estimate of drug-likeness (QED) is 0.253. The van der Waals surface area contributed by atoms with Gasteiger partial charge in [-0.25, -0.2) is 19.6 Å². The van der Waals surface area contributed by atoms with Gasteiger partial charge in [-0.15, -0.1) is 0 Å². The molecule has 0 radical (unpaired) electrons. The summed E-state index contributed by atoms with van der Waals surface area (Å²) in [5, 5.41) is 12.2. The monoisotopic (exact) mass is 578 g/mol. The van der Waals surface area contributed by atoms with Gasteiger partial charge in [0, 0.05) is 30.8 Å². The molecule has 1 aromatic heterocycles. The lowest BCUT2D eigenvalue weighted by Crippen LogP contribution is -2.50. The van der Waals surface area contributed by atoms with E-state index in [0.29, 0.717) is 23.9 Å². The minimum absolute atomic E-state index is 0.180. The molecule has 2 heterocycles. The molecule has 0 saturated heterocycles. The van der Waals surface area contributed by atoms with E-state index in [1.54, 1.807) is 34.6 Å². The molecule has 11 heteroatoms. The number of rotatable bonds is 9. The Kier molecular flexibility index (Phi) is 9.08. The minimum Gasteiger partial charge on any atom is -0.467 e. The van der Waals surface area contributed by atoms with Crippen molar-refractivity contribution in [1.29, 1.82) is 0 Å². The number of anilines is 2. The number of nitrogens with zero attached hydrogens (tertiary/aromatic N) is 2. The molecule has 1 unspecified atom stereocenters. The van der Waals surface area contributed by atoms with E-state index in [1.165, 1.54) is 29.5 Å². The Morgan fingerprint density at radius 1 is 1.12 bits per heavy atom. The van der Waals surface area contributed by atoms with Gasteiger partial charge in [0.05, 0.1) is 30.1 Å². The van der Waals surface area contributed by atoms with Gasteiger partial charge < -0.3 is 30.7 Å². The van der Waals surface area contributed by atoms with E-state index in [9.17, 15) is 14.4 Å². The Morgan fingerprint density at radius 2 is 1.83 bits per heavy atom. The first-order chi connectivity index (χ1) is 19.8. The zero-order valence-corrected chi connectivity index (χ0v) is 25.6. The summed E-state index contributed by atoms with van der Waals surface area (Å²) in [5.74, 6) is -0.732. The van der Waals surface area contributed by atoms with E-state index in [0.717, 1.165) is 25.8 Å². The van der Waals surface area contributed by atoms with Crippen LogP contribution < -0.4 is 21.3 Å². The number of methoxy groups -OCH3 is 1. The fraction of sp³-hybridized carbons (Fsp3) is 0.516. The number of hydrogen-bond donors (Lipinski definition) is 4. The Balaban J connectivity index is 1.38. The predicted octanol–water partition coefficient (Wildman–Crippen LogP) is 4.30. The second-order valence-electron chi connectivity index (χ2n) is 12.0. The van der Waals surface area contributed by atoms with Crippen molar-refractivity contribution in [2.75, 3.05) is 30.8 Å². The minimum atomic E-state index is -1.39. The van der Waals surface area contributed by atoms with Gasteiger partial charge in [-0.3, -0.25) is 4.79 Å². The summed E-state index contributed by atoms with van der Waals surface area (Å²) in [6.07, 6.45) is 4.59. The van der Waals surface area contributed by atoms with Gasteiger partial charge in [0.15, 0.2) is 5.54 Å². The summed E-state index contributed by atoms with van der Waals surface area (Å²) in [6.45, 7) is 12.4. The number of carbonyl (C=O) groups is 3. The molecule has 4 N–H and O–H groups in total. The maximum atomic E-state index is 13.3. The third-order valence-corrected chi connectivity index (χ3v) is 7.36. The molecule has 1 aliphatic heterocycles. The lowest BCUT2D eigenvalue weighted by atomic mass is 9.99. The smallest absolute Gasteiger partial charge is 0.407 e. The highest BCUT2D eigenvalue weighted by Crippen LogP contribution is 2.38. The zero-order valence-electron chi connectivity index (χ0n) is 25.6. The van der Waals surface area contributed by atoms with Crippen LogP contribution in [0.5, 0.6) is 0 Å². The van der Waals surface area contributed by atoms with Crippen LogP contribution in [0.15, 0.2) is 23.8 Å². The molecule has 1 fully saturated rings. The van der Waals surface area contributed by atoms with Gasteiger partial charge >= 0.3 is 12.1 Å². The van der Waals surface area contributed by atoms with E-state index >= 15 is 0 Å². The van der Waals surface area contributed by atoms with Crippen LogP contribution in [0.2, 0.25) is 0 Å². The van der Waals surface area contributed by atoms with Gasteiger partial charge in [-0.05, 0) is 72.4 Å². The largest absolute Gasteiger partial charge is 0.467 e. The number of fused-ring (bicyclic) bond motifs is 1. The van der Waals surface area contributed by atoms with Crippen LogP contribution in [-0.4, -0.2) is 65.3 Å². The second kappa shape index (κ2) is 12.4. The number of hydrogen-bond acceptors (Lipinski definition) is 9. The molecule has 0 bridgehead atoms. The molecule has 2 aliphatic rings. The van der Waals surface area contributed by atoms with Crippen molar-refractivity contribution in [3.05, 3.63) is 51.9 Å². The number of carbonyl (C=O) groups excluding carboxylic acids is 3. The fourth-order valence-corrected chi connectivity index (χ4v) is 5.22. The number of nitrogens with one attached hydrogen (secondary N) is 4. The third kappa shape index (κ3) is 7.18. The molecule has 2 amide bonds. The van der Waals surface area contributed by atoms with Crippen molar-refractivity contribution >= 4 is 35.7 Å². The summed E-state index contributed by atoms with van der Waals surface area (Å²) < 4.78 is 10.2. The molecule has 4 rings (SSSR count). The summed E-state index contributed by atoms with van der Waals surface area (Å²) in [7, 11) is 1.24. The fourth-order valence-electron chi connectivity index (χ4n) is 5.22. The van der Waals surface area contributed by atoms with Gasteiger partial charge in [0.25, 0.3) is 5.91 Å². The van der Waals surface area contributed by atoms with Crippen LogP contribution in [-0.2, 0) is 20.7 Å². The maximum Gasteiger partial charge on any atom is 0.407 e. The summed E-state index contributed by atoms with van der Waals surface area (Å²) >= 11 is 0. The van der Waals surface area contributed by atoms with Crippen molar-refractivity contribution in [2.24, 2.45) is 0 Å². The Labute approximate surface area is 247 Å². The normalized spacial score (nSPS) is 19.3. The molecule has 1 aromatic carbocycles. The Hall–Kier alpha value is -4.15. The Morgan fingerprint density at radius 3 is 2.50 bits per heavy atom. The van der Waals surface area contributed by atoms with Crippen molar-refractivity contribution in [1.82, 2.24) is 20.6 Å². The average molecular weight is 579 g/mol. The number of aryl methyl sites for hydroxylation is 3. The number of benzene rings is 1. The molecule has 226 valence electrons. The van der Waals surface area contributed by atoms with Crippen molar-refractivity contribution in [3.63, 3.8) is 0 Å². The van der Waals surface area contributed by atoms with Gasteiger partial charge in [0.2, 0.25) is 5.95 Å². The van der Waals surface area contributed by atoms with E-state index < -0.39 is 35.2 Å². The molecule has 1 aliphatic carbocycles. The molecular weight excluding hydrogens is 536 g/mol. The molecule has 2 atom stereocenters. The van der Waals surface area contributed by atoms with Crippen molar-refractivity contribution < 1.29 is 23.9 Å². The third-order valence-electron chi connectivity index (χ3n) is 7.36. The van der Waals surface area contributed by atoms with Crippen LogP contribution in [0, 0.1) is 13.8 Å². The highest BCUT2D eigenvalue weighted by molar-refractivity contribution is 6.01. The van der Waals surface area contributed by atoms with Gasteiger partial charge in [0.1, 0.15) is 5.60 Å². The SMILES string of the molecule is COC(=O)C1(NC(=O)c2c(C)nc(NCCCc3cccc4c3C=C(C)CCN4)nc2C)C[C@H]1NC(=O)OC(C)(C)C. The maximum absolute atomic E-state index is 13.3. The van der Waals surface area contributed by atoms with Crippen LogP contribution in [0.3, 0.4) is 0 Å². The molecular formula is C31H42N6O5. The number of aromatic nitrogens is 2. The van der Waals surface area contributed by atoms with Crippen LogP contribution in [0.1, 0.15) is 79.8 Å². The standard InChI is InChI=1S/C31H42N6O5/c1-18-13-15-32-23-12-8-10-21(22(23)16-18)11-9-14-33-28-34-19(2)25(20(3)35-28)26(38)37-31(27(39)41-7)17-24(31)36-29(40)42-30(4,5)6/h8,10,12,16,24,32H,9,11,13-15,17H2,1-7H3,(H,36,40)(H,37,38)(H,33,34,35)/t24-,31?/m1/s1. The summed E-state index contributed by atoms with van der Waals surface area (Å²) in [4.78, 5) is 47.3. The van der Waals surface area contributed by atoms with Crippen molar-refractivity contribution in [3.8, 4) is 0 Å². The molecule has 11 nitrogen and oxygen atoms in total. The number of amides is 2. The van der Waals surface area contributed by atoms with Gasteiger partial charge in [-0.2, -0.15) is 0 Å². The topological polar surface area (TPSA) is 144 Å². The highest BCUT2D eigenvalue weighted by Gasteiger charge is 2.64. The molecule has 2 aromatic rings. The van der Waals surface area contributed by atoms with Crippen LogP contribution in [0.25, 0.3) is 6.08 Å². The molecule has 42 heavy (non-hydrogen) atoms. The summed E-state index contributed by atoms with van der Waals surface area (Å²) in [5.41, 5.74) is 4.21. The van der Waals surface area contributed by atoms with E-state index in [1.807, 2.05) is 0 Å². The lowest BCUT2D eigenvalue weighted by molar-refractivity contribution is -0.144. The predicted molar refractivity (Wildman–Crippen MR) is 162 cm³/mol. The van der Waals surface area contributed by atoms with E-state index in [-0.39, 0.29) is 12.0 Å². The first-order valence-corrected chi connectivity index (χ1v) is 14.4. The molecule has 1 saturated carbocycles. The number of esters is 1. The number of alkyl carbamates (subject to hydrolysis) is 1. The van der Waals surface area contributed by atoms with E-state index in [2.05, 4.69) is 62.4 Å². The zero-order chi connectivity index (χ0) is 30.7. The average Bonchev–Trinajstić information content (AvgIpc) is 3.61. The second-order valence-corrected chi connectivity index (χ2v) is 12.0. The molecule has 0 spiro atoms. The van der Waals surface area contributed by atoms with Crippen molar-refractivity contribution in [2.45, 2.75) is 84.4 Å². The van der Waals surface area contributed by atoms with Gasteiger partial charge in [-0.1, -0.05) is 23.8 Å². The highest BCUT2D eigenvalue weighted by atomic mass is 16.6. The Bertz CT molecular complexity index is 1380. The lowest BCUT2D eigenvalue weighted by Gasteiger charge is -2.22. The van der Waals surface area contributed by atoms with Crippen LogP contribution >= 0.6 is 0 Å². The first-order valence-electron chi connectivity index (χ1n) is 14.4. The van der Waals surface area contributed by atoms with Crippen LogP contribution in [0.4, 0.5) is 16.4 Å². The first kappa shape index (κ1) is 30.8. The summed E-state index contributed by atoms with van der Waals surface area (Å²) in [6, 6.07) is 5.71. The van der Waals surface area contributed by atoms with E-state index in [4.69, 9.17) is 9.47 Å².